The van der Waals surface area contributed by atoms with Crippen LogP contribution in [0.5, 0.6) is 0 Å². The van der Waals surface area contributed by atoms with E-state index in [0.29, 0.717) is 0 Å². The Kier molecular flexibility index (Phi) is 19.6. The van der Waals surface area contributed by atoms with Crippen molar-refractivity contribution in [1.29, 1.82) is 0 Å². The van der Waals surface area contributed by atoms with Crippen LogP contribution in [0, 0.1) is 0 Å². The summed E-state index contributed by atoms with van der Waals surface area (Å²) in [7, 11) is -4.67. The van der Waals surface area contributed by atoms with Gasteiger partial charge in [0.15, 0.2) is 0 Å². The van der Waals surface area contributed by atoms with Crippen LogP contribution >= 0.6 is 0 Å². The number of rotatable bonds is 11. The van der Waals surface area contributed by atoms with Gasteiger partial charge in [0.25, 0.3) is 0 Å². The molecule has 0 bridgehead atoms. The molecule has 1 aromatic rings. The van der Waals surface area contributed by atoms with Gasteiger partial charge >= 0.3 is 40.0 Å². The van der Waals surface area contributed by atoms with Crippen molar-refractivity contribution in [3.63, 3.8) is 0 Å². The first kappa shape index (κ1) is 26.3. The zero-order valence-corrected chi connectivity index (χ0v) is 15.1. The summed E-state index contributed by atoms with van der Waals surface area (Å²) in [6.07, 6.45) is 15.5. The molecule has 0 spiro atoms. The van der Waals surface area contributed by atoms with Gasteiger partial charge in [0, 0.05) is 0 Å². The number of benzene rings is 1. The predicted octanol–water partition coefficient (Wildman–Crippen LogP) is 4.85. The summed E-state index contributed by atoms with van der Waals surface area (Å²) in [5.74, 6) is 0. The second kappa shape index (κ2) is 17.9. The molecule has 24 heavy (non-hydrogen) atoms. The summed E-state index contributed by atoms with van der Waals surface area (Å²) in [4.78, 5) is 0. The maximum atomic E-state index is 8.74. The Hall–Kier alpha value is 0.0900. The molecule has 0 aliphatic carbocycles. The van der Waals surface area contributed by atoms with E-state index >= 15 is 0 Å². The molecule has 0 atom stereocenters. The van der Waals surface area contributed by atoms with Crippen molar-refractivity contribution >= 4 is 40.0 Å². The monoisotopic (exact) mass is 368 g/mol. The summed E-state index contributed by atoms with van der Waals surface area (Å²) in [6, 6.07) is 10.9. The summed E-state index contributed by atoms with van der Waals surface area (Å²) in [5.41, 5.74) is 1.50. The molecule has 0 unspecified atom stereocenters. The normalized spacial score (nSPS) is 10.5. The number of aryl methyl sites for hydroxylation is 1. The second-order valence-electron chi connectivity index (χ2n) is 5.87. The zero-order chi connectivity index (χ0) is 17.4. The third kappa shape index (κ3) is 24.3. The Balaban J connectivity index is 0. The van der Waals surface area contributed by atoms with Crippen LogP contribution < -0.4 is 0 Å². The van der Waals surface area contributed by atoms with E-state index in [2.05, 4.69) is 37.3 Å². The van der Waals surface area contributed by atoms with Gasteiger partial charge in [-0.3, -0.25) is 9.11 Å². The van der Waals surface area contributed by atoms with Crippen LogP contribution in [-0.4, -0.2) is 47.1 Å². The second-order valence-corrected chi connectivity index (χ2v) is 6.76. The predicted molar refractivity (Wildman–Crippen MR) is 103 cm³/mol. The van der Waals surface area contributed by atoms with Gasteiger partial charge in [0.1, 0.15) is 0 Å². The SMILES string of the molecule is CCCCCCCCCCCCc1ccccc1.O=S(=O)(O)O.[NaH]. The van der Waals surface area contributed by atoms with Crippen LogP contribution in [0.2, 0.25) is 0 Å². The molecule has 136 valence electrons. The molecule has 2 N–H and O–H groups in total. The van der Waals surface area contributed by atoms with E-state index < -0.39 is 10.4 Å². The van der Waals surface area contributed by atoms with Crippen LogP contribution in [0.3, 0.4) is 0 Å². The number of unbranched alkanes of at least 4 members (excludes halogenated alkanes) is 9. The molecule has 0 fully saturated rings. The quantitative estimate of drug-likeness (QED) is 0.333. The summed E-state index contributed by atoms with van der Waals surface area (Å²) >= 11 is 0. The van der Waals surface area contributed by atoms with E-state index in [1.165, 1.54) is 76.2 Å². The molecular weight excluding hydrogens is 335 g/mol. The number of hydrogen-bond acceptors (Lipinski definition) is 2. The molecule has 0 aromatic heterocycles. The van der Waals surface area contributed by atoms with Gasteiger partial charge in [0.2, 0.25) is 0 Å². The van der Waals surface area contributed by atoms with E-state index in [1.54, 1.807) is 0 Å². The van der Waals surface area contributed by atoms with E-state index in [4.69, 9.17) is 17.5 Å². The van der Waals surface area contributed by atoms with Crippen molar-refractivity contribution in [3.05, 3.63) is 35.9 Å². The fourth-order valence-electron chi connectivity index (χ4n) is 2.46. The minimum absolute atomic E-state index is 0. The van der Waals surface area contributed by atoms with Crippen molar-refractivity contribution in [3.8, 4) is 0 Å². The average molecular weight is 369 g/mol. The first-order valence-electron chi connectivity index (χ1n) is 8.67. The summed E-state index contributed by atoms with van der Waals surface area (Å²) in [6.45, 7) is 2.28. The molecule has 0 heterocycles. The Labute approximate surface area is 170 Å². The minimum atomic E-state index is -4.67. The van der Waals surface area contributed by atoms with Gasteiger partial charge in [-0.25, -0.2) is 0 Å². The fourth-order valence-corrected chi connectivity index (χ4v) is 2.46. The van der Waals surface area contributed by atoms with Crippen LogP contribution in [0.25, 0.3) is 0 Å². The molecule has 0 aliphatic rings. The standard InChI is InChI=1S/C18H30.Na.H2O4S.H/c1-2-3-4-5-6-7-8-9-10-12-15-18-16-13-11-14-17-18;;1-5(2,3)4;/h11,13-14,16-17H,2-10,12,15H2,1H3;;(H2,1,2,3,4);. The van der Waals surface area contributed by atoms with Gasteiger partial charge in [0.05, 0.1) is 0 Å². The Morgan fingerprint density at radius 3 is 1.54 bits per heavy atom. The first-order valence-corrected chi connectivity index (χ1v) is 10.1. The fraction of sp³-hybridized carbons (Fsp3) is 0.667. The third-order valence-electron chi connectivity index (χ3n) is 3.66. The van der Waals surface area contributed by atoms with Crippen LogP contribution in [0.15, 0.2) is 30.3 Å². The zero-order valence-electron chi connectivity index (χ0n) is 14.3. The number of hydrogen-bond donors (Lipinski definition) is 2. The Bertz CT molecular complexity index is 455. The third-order valence-corrected chi connectivity index (χ3v) is 3.66. The van der Waals surface area contributed by atoms with Crippen molar-refractivity contribution < 1.29 is 17.5 Å². The summed E-state index contributed by atoms with van der Waals surface area (Å²) < 4.78 is 31.6. The van der Waals surface area contributed by atoms with E-state index in [0.717, 1.165) is 0 Å². The van der Waals surface area contributed by atoms with Crippen molar-refractivity contribution in [2.24, 2.45) is 0 Å². The van der Waals surface area contributed by atoms with Crippen LogP contribution in [-0.2, 0) is 16.8 Å². The topological polar surface area (TPSA) is 74.6 Å². The van der Waals surface area contributed by atoms with E-state index in [-0.39, 0.29) is 29.6 Å². The molecule has 0 saturated carbocycles. The molecule has 0 saturated heterocycles. The first-order chi connectivity index (χ1) is 10.9. The van der Waals surface area contributed by atoms with Gasteiger partial charge in [-0.15, -0.1) is 0 Å². The molecule has 0 aliphatic heterocycles. The van der Waals surface area contributed by atoms with Crippen LogP contribution in [0.1, 0.15) is 76.7 Å². The van der Waals surface area contributed by atoms with Gasteiger partial charge in [-0.1, -0.05) is 95.0 Å². The molecule has 0 radical (unpaired) electrons. The molecule has 1 aromatic carbocycles. The van der Waals surface area contributed by atoms with E-state index in [1.807, 2.05) is 0 Å². The van der Waals surface area contributed by atoms with Gasteiger partial charge in [-0.05, 0) is 18.4 Å². The van der Waals surface area contributed by atoms with Crippen molar-refractivity contribution in [2.75, 3.05) is 0 Å². The molecule has 0 amide bonds. The average Bonchev–Trinajstić information content (AvgIpc) is 2.48. The van der Waals surface area contributed by atoms with Gasteiger partial charge < -0.3 is 0 Å². The molecule has 4 nitrogen and oxygen atoms in total. The van der Waals surface area contributed by atoms with Gasteiger partial charge in [-0.2, -0.15) is 8.42 Å². The van der Waals surface area contributed by atoms with E-state index in [9.17, 15) is 0 Å². The molecule has 1 rings (SSSR count). The Morgan fingerprint density at radius 1 is 0.750 bits per heavy atom. The van der Waals surface area contributed by atoms with Crippen molar-refractivity contribution in [1.82, 2.24) is 0 Å². The van der Waals surface area contributed by atoms with Crippen LogP contribution in [0.4, 0.5) is 0 Å². The maximum absolute atomic E-state index is 8.74. The molecular formula is C18H33NaO4S. The summed E-state index contributed by atoms with van der Waals surface area (Å²) in [5, 5.41) is 0. The molecule has 6 heteroatoms. The van der Waals surface area contributed by atoms with Crippen molar-refractivity contribution in [2.45, 2.75) is 77.6 Å². The Morgan fingerprint density at radius 2 is 1.12 bits per heavy atom.